The zero-order valence-electron chi connectivity index (χ0n) is 24.2. The molecule has 0 fully saturated rings. The number of halogens is 2. The van der Waals surface area contributed by atoms with Crippen molar-refractivity contribution in [1.29, 1.82) is 0 Å². The third kappa shape index (κ3) is 9.25. The van der Waals surface area contributed by atoms with Gasteiger partial charge in [-0.15, -0.1) is 11.8 Å². The summed E-state index contributed by atoms with van der Waals surface area (Å²) in [5.41, 5.74) is 1.92. The Labute approximate surface area is 280 Å². The number of carbonyl (C=O) groups excluding carboxylic acids is 3. The smallest absolute Gasteiger partial charge is 0.272 e. The minimum atomic E-state index is -0.570. The number of thioether (sulfide) groups is 1. The number of rotatable bonds is 11. The Bertz CT molecular complexity index is 1870. The number of carbonyl (C=O) groups is 3. The fourth-order valence-electron chi connectivity index (χ4n) is 4.17. The SMILES string of the molecule is O=C(CSc1cccc(NC(=O)/C(=C\c2cccc(Cl)c2Cl)NC(=O)c2ccccc2)c1)Nc1ccc(Oc2ccccc2)cc1. The van der Waals surface area contributed by atoms with Gasteiger partial charge in [0.15, 0.2) is 0 Å². The van der Waals surface area contributed by atoms with Gasteiger partial charge in [0.1, 0.15) is 17.2 Å². The molecule has 5 aromatic carbocycles. The largest absolute Gasteiger partial charge is 0.457 e. The van der Waals surface area contributed by atoms with E-state index in [0.717, 1.165) is 10.6 Å². The molecule has 7 nitrogen and oxygen atoms in total. The molecule has 10 heteroatoms. The number of benzene rings is 5. The maximum absolute atomic E-state index is 13.4. The van der Waals surface area contributed by atoms with E-state index in [0.29, 0.717) is 33.3 Å². The van der Waals surface area contributed by atoms with Gasteiger partial charge in [-0.05, 0) is 84.4 Å². The van der Waals surface area contributed by atoms with Crippen LogP contribution in [0.3, 0.4) is 0 Å². The van der Waals surface area contributed by atoms with Crippen molar-refractivity contribution in [2.75, 3.05) is 16.4 Å². The highest BCUT2D eigenvalue weighted by atomic mass is 35.5. The molecule has 0 bridgehead atoms. The van der Waals surface area contributed by atoms with E-state index in [9.17, 15) is 14.4 Å². The third-order valence-corrected chi connectivity index (χ3v) is 8.22. The summed E-state index contributed by atoms with van der Waals surface area (Å²) < 4.78 is 5.79. The maximum Gasteiger partial charge on any atom is 0.272 e. The Morgan fingerprint density at radius 3 is 2.11 bits per heavy atom. The molecule has 0 heterocycles. The van der Waals surface area contributed by atoms with Crippen molar-refractivity contribution in [3.63, 3.8) is 0 Å². The van der Waals surface area contributed by atoms with Gasteiger partial charge in [-0.3, -0.25) is 14.4 Å². The lowest BCUT2D eigenvalue weighted by Gasteiger charge is -2.13. The first-order chi connectivity index (χ1) is 22.3. The summed E-state index contributed by atoms with van der Waals surface area (Å²) in [6.45, 7) is 0. The van der Waals surface area contributed by atoms with Crippen LogP contribution in [0.4, 0.5) is 11.4 Å². The summed E-state index contributed by atoms with van der Waals surface area (Å²) in [5, 5.41) is 8.94. The highest BCUT2D eigenvalue weighted by Crippen LogP contribution is 2.28. The summed E-state index contributed by atoms with van der Waals surface area (Å²) in [7, 11) is 0. The Balaban J connectivity index is 1.21. The Kier molecular flexibility index (Phi) is 11.1. The van der Waals surface area contributed by atoms with Gasteiger partial charge in [0.05, 0.1) is 15.8 Å². The highest BCUT2D eigenvalue weighted by molar-refractivity contribution is 8.00. The molecule has 0 saturated heterocycles. The second-order valence-electron chi connectivity index (χ2n) is 9.78. The summed E-state index contributed by atoms with van der Waals surface area (Å²) in [5.74, 6) is 0.303. The van der Waals surface area contributed by atoms with Crippen LogP contribution in [0.15, 0.2) is 138 Å². The predicted octanol–water partition coefficient (Wildman–Crippen LogP) is 8.93. The van der Waals surface area contributed by atoms with Crippen LogP contribution >= 0.6 is 35.0 Å². The molecule has 0 aliphatic heterocycles. The molecule has 230 valence electrons. The zero-order valence-corrected chi connectivity index (χ0v) is 26.5. The quantitative estimate of drug-likeness (QED) is 0.0965. The van der Waals surface area contributed by atoms with E-state index in [2.05, 4.69) is 16.0 Å². The molecule has 0 spiro atoms. The molecular weight excluding hydrogens is 641 g/mol. The number of anilines is 2. The van der Waals surface area contributed by atoms with Gasteiger partial charge in [0.2, 0.25) is 5.91 Å². The maximum atomic E-state index is 13.4. The molecule has 0 unspecified atom stereocenters. The molecule has 3 amide bonds. The number of para-hydroxylation sites is 1. The van der Waals surface area contributed by atoms with Gasteiger partial charge in [-0.1, -0.05) is 77.8 Å². The van der Waals surface area contributed by atoms with Gasteiger partial charge < -0.3 is 20.7 Å². The average molecular weight is 669 g/mol. The van der Waals surface area contributed by atoms with Crippen molar-refractivity contribution < 1.29 is 19.1 Å². The molecule has 5 rings (SSSR count). The number of amides is 3. The number of hydrogen-bond acceptors (Lipinski definition) is 5. The minimum absolute atomic E-state index is 0.0318. The molecule has 0 aliphatic rings. The molecule has 0 saturated carbocycles. The summed E-state index contributed by atoms with van der Waals surface area (Å²) >= 11 is 13.8. The lowest BCUT2D eigenvalue weighted by Crippen LogP contribution is -2.30. The lowest BCUT2D eigenvalue weighted by atomic mass is 10.1. The standard InChI is InChI=1S/C36H27Cl2N3O4S/c37-31-16-7-11-25(34(31)38)21-32(41-35(43)24-9-3-1-4-10-24)36(44)40-27-12-8-15-30(22-27)46-23-33(42)39-26-17-19-29(20-18-26)45-28-13-5-2-6-14-28/h1-22H,23H2,(H,39,42)(H,40,44)(H,41,43)/b32-21+. The van der Waals surface area contributed by atoms with Gasteiger partial charge >= 0.3 is 0 Å². The Hall–Kier alpha value is -5.02. The van der Waals surface area contributed by atoms with Crippen LogP contribution in [0.5, 0.6) is 11.5 Å². The fraction of sp³-hybridized carbons (Fsp3) is 0.0278. The summed E-state index contributed by atoms with van der Waals surface area (Å²) in [4.78, 5) is 39.8. The molecule has 3 N–H and O–H groups in total. The van der Waals surface area contributed by atoms with Crippen LogP contribution in [0.1, 0.15) is 15.9 Å². The van der Waals surface area contributed by atoms with Crippen molar-refractivity contribution in [2.45, 2.75) is 4.90 Å². The fourth-order valence-corrected chi connectivity index (χ4v) is 5.29. The molecule has 0 aliphatic carbocycles. The van der Waals surface area contributed by atoms with Gasteiger partial charge in [0, 0.05) is 21.8 Å². The van der Waals surface area contributed by atoms with Crippen LogP contribution in [0.25, 0.3) is 6.08 Å². The second-order valence-corrected chi connectivity index (χ2v) is 11.6. The first-order valence-electron chi connectivity index (χ1n) is 14.0. The van der Waals surface area contributed by atoms with Crippen LogP contribution in [-0.2, 0) is 9.59 Å². The topological polar surface area (TPSA) is 96.5 Å². The first kappa shape index (κ1) is 32.4. The van der Waals surface area contributed by atoms with Crippen LogP contribution < -0.4 is 20.7 Å². The number of ether oxygens (including phenoxy) is 1. The molecular formula is C36H27Cl2N3O4S. The highest BCUT2D eigenvalue weighted by Gasteiger charge is 2.17. The van der Waals surface area contributed by atoms with E-state index in [4.69, 9.17) is 27.9 Å². The monoisotopic (exact) mass is 667 g/mol. The van der Waals surface area contributed by atoms with Gasteiger partial charge in [-0.25, -0.2) is 0 Å². The minimum Gasteiger partial charge on any atom is -0.457 e. The van der Waals surface area contributed by atoms with Crippen LogP contribution in [0.2, 0.25) is 10.0 Å². The summed E-state index contributed by atoms with van der Waals surface area (Å²) in [6.07, 6.45) is 1.47. The van der Waals surface area contributed by atoms with Crippen molar-refractivity contribution in [2.24, 2.45) is 0 Å². The van der Waals surface area contributed by atoms with E-state index < -0.39 is 11.8 Å². The van der Waals surface area contributed by atoms with Crippen LogP contribution in [0, 0.1) is 0 Å². The number of nitrogens with one attached hydrogen (secondary N) is 3. The van der Waals surface area contributed by atoms with E-state index in [1.54, 1.807) is 91.0 Å². The zero-order chi connectivity index (χ0) is 32.3. The predicted molar refractivity (Wildman–Crippen MR) is 186 cm³/mol. The van der Waals surface area contributed by atoms with E-state index in [-0.39, 0.29) is 22.4 Å². The lowest BCUT2D eigenvalue weighted by molar-refractivity contribution is -0.114. The van der Waals surface area contributed by atoms with Gasteiger partial charge in [-0.2, -0.15) is 0 Å². The Morgan fingerprint density at radius 2 is 1.37 bits per heavy atom. The molecule has 0 radical (unpaired) electrons. The van der Waals surface area contributed by atoms with E-state index >= 15 is 0 Å². The van der Waals surface area contributed by atoms with Crippen LogP contribution in [-0.4, -0.2) is 23.5 Å². The van der Waals surface area contributed by atoms with E-state index in [1.807, 2.05) is 36.4 Å². The molecule has 46 heavy (non-hydrogen) atoms. The third-order valence-electron chi connectivity index (χ3n) is 6.39. The Morgan fingerprint density at radius 1 is 0.696 bits per heavy atom. The molecule has 0 atom stereocenters. The van der Waals surface area contributed by atoms with E-state index in [1.165, 1.54) is 17.8 Å². The van der Waals surface area contributed by atoms with Crippen molar-refractivity contribution in [3.05, 3.63) is 154 Å². The average Bonchev–Trinajstić information content (AvgIpc) is 3.07. The van der Waals surface area contributed by atoms with Crippen molar-refractivity contribution >= 4 is 70.1 Å². The summed E-state index contributed by atoms with van der Waals surface area (Å²) in [6, 6.07) is 37.2. The van der Waals surface area contributed by atoms with Gasteiger partial charge in [0.25, 0.3) is 11.8 Å². The van der Waals surface area contributed by atoms with Crippen molar-refractivity contribution in [3.8, 4) is 11.5 Å². The molecule has 0 aromatic heterocycles. The van der Waals surface area contributed by atoms with Crippen molar-refractivity contribution in [1.82, 2.24) is 5.32 Å². The second kappa shape index (κ2) is 15.8. The number of hydrogen-bond donors (Lipinski definition) is 3. The first-order valence-corrected chi connectivity index (χ1v) is 15.8. The molecule has 5 aromatic rings. The normalized spacial score (nSPS) is 11.0.